The van der Waals surface area contributed by atoms with Gasteiger partial charge in [-0.3, -0.25) is 0 Å². The zero-order valence-corrected chi connectivity index (χ0v) is 10.3. The van der Waals surface area contributed by atoms with E-state index in [1.807, 2.05) is 0 Å². The summed E-state index contributed by atoms with van der Waals surface area (Å²) in [7, 11) is 1.45. The molecule has 5 nitrogen and oxygen atoms in total. The second kappa shape index (κ2) is 4.21. The van der Waals surface area contributed by atoms with E-state index < -0.39 is 17.2 Å². The Kier molecular flexibility index (Phi) is 2.89. The average Bonchev–Trinajstić information content (AvgIpc) is 2.29. The van der Waals surface area contributed by atoms with Crippen molar-refractivity contribution >= 4 is 32.9 Å². The smallest absolute Gasteiger partial charge is 0.351 e. The van der Waals surface area contributed by atoms with Crippen molar-refractivity contribution in [2.45, 2.75) is 0 Å². The van der Waals surface area contributed by atoms with E-state index in [2.05, 4.69) is 15.9 Å². The highest BCUT2D eigenvalue weighted by atomic mass is 79.9. The van der Waals surface area contributed by atoms with Crippen LogP contribution in [0.25, 0.3) is 11.0 Å². The van der Waals surface area contributed by atoms with Gasteiger partial charge >= 0.3 is 11.6 Å². The Morgan fingerprint density at radius 1 is 1.47 bits per heavy atom. The number of halogens is 1. The molecule has 1 heterocycles. The topological polar surface area (TPSA) is 76.7 Å². The fourth-order valence-corrected chi connectivity index (χ4v) is 1.90. The van der Waals surface area contributed by atoms with Gasteiger partial charge in [-0.25, -0.2) is 9.59 Å². The van der Waals surface area contributed by atoms with Gasteiger partial charge in [0.2, 0.25) is 0 Å². The van der Waals surface area contributed by atoms with Crippen LogP contribution in [-0.4, -0.2) is 18.2 Å². The van der Waals surface area contributed by atoms with Crippen molar-refractivity contribution in [1.29, 1.82) is 0 Å². The summed E-state index contributed by atoms with van der Waals surface area (Å²) in [6.07, 6.45) is 0. The third-order valence-corrected chi connectivity index (χ3v) is 2.89. The molecule has 0 radical (unpaired) electrons. The predicted molar refractivity (Wildman–Crippen MR) is 63.7 cm³/mol. The number of hydrogen-bond acceptors (Lipinski definition) is 4. The Balaban J connectivity index is 2.92. The molecule has 0 bridgehead atoms. The van der Waals surface area contributed by atoms with Gasteiger partial charge in [0.15, 0.2) is 5.58 Å². The molecule has 0 saturated carbocycles. The lowest BCUT2D eigenvalue weighted by Crippen LogP contribution is -2.13. The molecule has 88 valence electrons. The summed E-state index contributed by atoms with van der Waals surface area (Å²) in [5, 5.41) is 9.27. The lowest BCUT2D eigenvalue weighted by Gasteiger charge is -2.06. The number of aromatic carboxylic acids is 1. The van der Waals surface area contributed by atoms with Gasteiger partial charge in [-0.05, 0) is 34.1 Å². The molecule has 1 aromatic carbocycles. The molecule has 0 aliphatic heterocycles. The molecule has 0 atom stereocenters. The minimum Gasteiger partial charge on any atom is -0.496 e. The Morgan fingerprint density at radius 2 is 2.18 bits per heavy atom. The molecule has 0 aliphatic carbocycles. The standard InChI is InChI=1S/C11H7BrO5/c1-16-8-3-2-7(12)9-5(8)4-6(10(13)14)11(15)17-9/h2-4H,1H3,(H,13,14). The quantitative estimate of drug-likeness (QED) is 0.861. The van der Waals surface area contributed by atoms with Crippen LogP contribution in [0.1, 0.15) is 10.4 Å². The van der Waals surface area contributed by atoms with Crippen LogP contribution in [0.3, 0.4) is 0 Å². The summed E-state index contributed by atoms with van der Waals surface area (Å²) in [5.41, 5.74) is -1.05. The van der Waals surface area contributed by atoms with Gasteiger partial charge in [-0.15, -0.1) is 0 Å². The monoisotopic (exact) mass is 298 g/mol. The lowest BCUT2D eigenvalue weighted by atomic mass is 10.1. The Morgan fingerprint density at radius 3 is 2.76 bits per heavy atom. The molecular formula is C11H7BrO5. The van der Waals surface area contributed by atoms with Crippen molar-refractivity contribution in [2.24, 2.45) is 0 Å². The normalized spacial score (nSPS) is 10.5. The van der Waals surface area contributed by atoms with E-state index in [0.717, 1.165) is 0 Å². The molecule has 0 unspecified atom stereocenters. The molecule has 2 aromatic rings. The van der Waals surface area contributed by atoms with E-state index in [4.69, 9.17) is 14.3 Å². The maximum absolute atomic E-state index is 11.4. The minimum absolute atomic E-state index is 0.263. The Labute approximate surface area is 104 Å². The van der Waals surface area contributed by atoms with E-state index in [1.165, 1.54) is 13.2 Å². The fraction of sp³-hybridized carbons (Fsp3) is 0.0909. The van der Waals surface area contributed by atoms with Crippen molar-refractivity contribution in [3.8, 4) is 5.75 Å². The molecule has 0 fully saturated rings. The number of benzene rings is 1. The predicted octanol–water partition coefficient (Wildman–Crippen LogP) is 2.26. The minimum atomic E-state index is -1.33. The van der Waals surface area contributed by atoms with Crippen LogP contribution in [0.4, 0.5) is 0 Å². The van der Waals surface area contributed by atoms with Crippen LogP contribution in [0.5, 0.6) is 5.75 Å². The van der Waals surface area contributed by atoms with Crippen molar-refractivity contribution < 1.29 is 19.1 Å². The SMILES string of the molecule is COc1ccc(Br)c2oc(=O)c(C(=O)O)cc12. The average molecular weight is 299 g/mol. The van der Waals surface area contributed by atoms with E-state index in [1.54, 1.807) is 12.1 Å². The van der Waals surface area contributed by atoms with Crippen LogP contribution in [0.15, 0.2) is 31.9 Å². The first kappa shape index (κ1) is 11.7. The molecule has 1 aromatic heterocycles. The molecule has 2 rings (SSSR count). The molecule has 17 heavy (non-hydrogen) atoms. The molecule has 1 N–H and O–H groups in total. The second-order valence-corrected chi connectivity index (χ2v) is 4.10. The van der Waals surface area contributed by atoms with Gasteiger partial charge in [-0.1, -0.05) is 0 Å². The first-order chi connectivity index (χ1) is 8.04. The third kappa shape index (κ3) is 1.91. The first-order valence-electron chi connectivity index (χ1n) is 4.58. The molecule has 0 amide bonds. The largest absolute Gasteiger partial charge is 0.496 e. The molecule has 6 heteroatoms. The van der Waals surface area contributed by atoms with E-state index >= 15 is 0 Å². The molecule has 0 saturated heterocycles. The van der Waals surface area contributed by atoms with Gasteiger partial charge < -0.3 is 14.3 Å². The summed E-state index contributed by atoms with van der Waals surface area (Å²) in [4.78, 5) is 22.3. The molecular weight excluding hydrogens is 292 g/mol. The number of hydrogen-bond donors (Lipinski definition) is 1. The third-order valence-electron chi connectivity index (χ3n) is 2.26. The summed E-state index contributed by atoms with van der Waals surface area (Å²) in [6, 6.07) is 4.55. The van der Waals surface area contributed by atoms with Crippen LogP contribution in [-0.2, 0) is 0 Å². The zero-order chi connectivity index (χ0) is 12.6. The van der Waals surface area contributed by atoms with Gasteiger partial charge in [0.25, 0.3) is 0 Å². The van der Waals surface area contributed by atoms with Crippen molar-refractivity contribution in [3.63, 3.8) is 0 Å². The van der Waals surface area contributed by atoms with Crippen molar-refractivity contribution in [2.75, 3.05) is 7.11 Å². The number of fused-ring (bicyclic) bond motifs is 1. The number of rotatable bonds is 2. The zero-order valence-electron chi connectivity index (χ0n) is 8.69. The number of carbonyl (C=O) groups is 1. The number of methoxy groups -OCH3 is 1. The van der Waals surface area contributed by atoms with Gasteiger partial charge in [0, 0.05) is 0 Å². The maximum Gasteiger partial charge on any atom is 0.351 e. The van der Waals surface area contributed by atoms with Crippen molar-refractivity contribution in [1.82, 2.24) is 0 Å². The van der Waals surface area contributed by atoms with Gasteiger partial charge in [0.05, 0.1) is 17.0 Å². The number of carboxylic acids is 1. The highest BCUT2D eigenvalue weighted by molar-refractivity contribution is 9.10. The number of carboxylic acid groups (broad SMARTS) is 1. The highest BCUT2D eigenvalue weighted by Gasteiger charge is 2.15. The molecule has 0 aliphatic rings. The second-order valence-electron chi connectivity index (χ2n) is 3.25. The maximum atomic E-state index is 11.4. The Hall–Kier alpha value is -1.82. The lowest BCUT2D eigenvalue weighted by molar-refractivity contribution is 0.0692. The fourth-order valence-electron chi connectivity index (χ4n) is 1.47. The summed E-state index contributed by atoms with van der Waals surface area (Å²) < 4.78 is 10.6. The van der Waals surface area contributed by atoms with Gasteiger partial charge in [-0.2, -0.15) is 0 Å². The van der Waals surface area contributed by atoms with Crippen molar-refractivity contribution in [3.05, 3.63) is 38.7 Å². The molecule has 0 spiro atoms. The first-order valence-corrected chi connectivity index (χ1v) is 5.37. The van der Waals surface area contributed by atoms with Gasteiger partial charge in [0.1, 0.15) is 11.3 Å². The van der Waals surface area contributed by atoms with Crippen LogP contribution in [0, 0.1) is 0 Å². The summed E-state index contributed by atoms with van der Waals surface area (Å²) in [5.74, 6) is -0.892. The Bertz CT molecular complexity index is 659. The van der Waals surface area contributed by atoms with E-state index in [-0.39, 0.29) is 5.58 Å². The summed E-state index contributed by atoms with van der Waals surface area (Å²) in [6.45, 7) is 0. The number of ether oxygens (including phenoxy) is 1. The van der Waals surface area contributed by atoms with E-state index in [0.29, 0.717) is 15.6 Å². The summed E-state index contributed by atoms with van der Waals surface area (Å²) >= 11 is 3.22. The van der Waals surface area contributed by atoms with Crippen LogP contribution in [0.2, 0.25) is 0 Å². The van der Waals surface area contributed by atoms with Crippen LogP contribution >= 0.6 is 15.9 Å². The van der Waals surface area contributed by atoms with Crippen LogP contribution < -0.4 is 10.4 Å². The highest BCUT2D eigenvalue weighted by Crippen LogP contribution is 2.31. The van der Waals surface area contributed by atoms with E-state index in [9.17, 15) is 9.59 Å².